The molecule has 0 radical (unpaired) electrons. The van der Waals surface area contributed by atoms with Crippen molar-refractivity contribution in [3.8, 4) is 11.6 Å². The fourth-order valence-electron chi connectivity index (χ4n) is 3.95. The molecule has 2 heterocycles. The third kappa shape index (κ3) is 3.31. The van der Waals surface area contributed by atoms with Crippen LogP contribution in [0.3, 0.4) is 0 Å². The molecule has 0 aliphatic rings. The van der Waals surface area contributed by atoms with E-state index in [1.54, 1.807) is 0 Å². The lowest BCUT2D eigenvalue weighted by Gasteiger charge is -2.11. The molecule has 3 aromatic carbocycles. The Balaban J connectivity index is 1.64. The van der Waals surface area contributed by atoms with E-state index in [4.69, 9.17) is 4.42 Å². The van der Waals surface area contributed by atoms with Gasteiger partial charge in [0.05, 0.1) is 0 Å². The summed E-state index contributed by atoms with van der Waals surface area (Å²) in [4.78, 5) is 0. The van der Waals surface area contributed by atoms with E-state index in [9.17, 15) is 0 Å². The van der Waals surface area contributed by atoms with E-state index in [1.807, 2.05) is 0 Å². The highest BCUT2D eigenvalue weighted by molar-refractivity contribution is 5.88. The molecule has 0 bridgehead atoms. The molecule has 0 atom stereocenters. The van der Waals surface area contributed by atoms with Crippen molar-refractivity contribution in [2.24, 2.45) is 5.92 Å². The van der Waals surface area contributed by atoms with Crippen molar-refractivity contribution in [2.75, 3.05) is 0 Å². The molecule has 5 aromatic rings. The van der Waals surface area contributed by atoms with Crippen molar-refractivity contribution in [2.45, 2.75) is 26.8 Å². The zero-order chi connectivity index (χ0) is 19.8. The van der Waals surface area contributed by atoms with Gasteiger partial charge in [-0.3, -0.25) is 0 Å². The molecule has 0 fully saturated rings. The Kier molecular flexibility index (Phi) is 4.39. The minimum absolute atomic E-state index is 0.477. The molecule has 5 rings (SSSR count). The Labute approximate surface area is 169 Å². The van der Waals surface area contributed by atoms with Crippen molar-refractivity contribution in [1.29, 1.82) is 0 Å². The second-order valence-corrected chi connectivity index (χ2v) is 7.91. The minimum atomic E-state index is 0.477. The van der Waals surface area contributed by atoms with Crippen LogP contribution < -0.4 is 0 Å². The fraction of sp³-hybridized carbons (Fsp3) is 0.200. The van der Waals surface area contributed by atoms with Gasteiger partial charge in [-0.25, -0.2) is 0 Å². The summed E-state index contributed by atoms with van der Waals surface area (Å²) in [5.74, 6) is 1.75. The average molecular weight is 381 g/mol. The van der Waals surface area contributed by atoms with E-state index in [2.05, 4.69) is 101 Å². The first-order valence-electron chi connectivity index (χ1n) is 10.1. The molecule has 0 aliphatic heterocycles. The number of rotatable bonds is 5. The topological polar surface area (TPSA) is 43.9 Å². The van der Waals surface area contributed by atoms with Crippen LogP contribution in [0.4, 0.5) is 0 Å². The first-order chi connectivity index (χ1) is 14.2. The summed E-state index contributed by atoms with van der Waals surface area (Å²) in [6.45, 7) is 5.05. The number of benzene rings is 3. The Morgan fingerprint density at radius 2 is 1.62 bits per heavy atom. The van der Waals surface area contributed by atoms with Crippen LogP contribution in [-0.2, 0) is 13.0 Å². The fourth-order valence-corrected chi connectivity index (χ4v) is 3.95. The molecule has 0 saturated heterocycles. The van der Waals surface area contributed by atoms with E-state index in [-0.39, 0.29) is 0 Å². The lowest BCUT2D eigenvalue weighted by Crippen LogP contribution is -2.02. The van der Waals surface area contributed by atoms with Crippen LogP contribution in [0.15, 0.2) is 77.2 Å². The second-order valence-electron chi connectivity index (χ2n) is 7.91. The Bertz CT molecular complexity index is 1290. The zero-order valence-electron chi connectivity index (χ0n) is 16.7. The zero-order valence-corrected chi connectivity index (χ0v) is 16.7. The van der Waals surface area contributed by atoms with Gasteiger partial charge < -0.3 is 8.98 Å². The largest absolute Gasteiger partial charge is 0.419 e. The van der Waals surface area contributed by atoms with Crippen LogP contribution in [0, 0.1) is 5.92 Å². The number of nitrogens with zero attached hydrogens (tertiary/aromatic N) is 3. The van der Waals surface area contributed by atoms with Crippen molar-refractivity contribution in [1.82, 2.24) is 14.8 Å². The molecule has 0 amide bonds. The second kappa shape index (κ2) is 7.21. The number of hydrogen-bond acceptors (Lipinski definition) is 3. The number of para-hydroxylation sites is 1. The smallest absolute Gasteiger partial charge is 0.264 e. The molecular formula is C25H23N3O. The molecule has 0 aliphatic carbocycles. The van der Waals surface area contributed by atoms with Crippen LogP contribution in [-0.4, -0.2) is 14.8 Å². The third-order valence-electron chi connectivity index (χ3n) is 5.29. The normalized spacial score (nSPS) is 11.7. The van der Waals surface area contributed by atoms with Gasteiger partial charge in [0, 0.05) is 23.9 Å². The SMILES string of the molecule is CC(C)Cc1nnc(-c2cc3ccccc3n2Cc2cccc3ccccc23)o1. The maximum Gasteiger partial charge on any atom is 0.264 e. The summed E-state index contributed by atoms with van der Waals surface area (Å²) < 4.78 is 8.31. The van der Waals surface area contributed by atoms with Crippen molar-refractivity contribution >= 4 is 21.7 Å². The summed E-state index contributed by atoms with van der Waals surface area (Å²) in [6, 6.07) is 25.5. The molecule has 2 aromatic heterocycles. The van der Waals surface area contributed by atoms with Gasteiger partial charge in [0.1, 0.15) is 5.69 Å². The summed E-state index contributed by atoms with van der Waals surface area (Å²) in [5.41, 5.74) is 3.40. The molecule has 144 valence electrons. The Hall–Kier alpha value is -3.40. The van der Waals surface area contributed by atoms with Gasteiger partial charge in [-0.15, -0.1) is 10.2 Å². The van der Waals surface area contributed by atoms with Crippen LogP contribution in [0.5, 0.6) is 0 Å². The molecule has 4 nitrogen and oxygen atoms in total. The van der Waals surface area contributed by atoms with Gasteiger partial charge in [0.2, 0.25) is 5.89 Å². The van der Waals surface area contributed by atoms with Gasteiger partial charge in [-0.2, -0.15) is 0 Å². The van der Waals surface area contributed by atoms with E-state index >= 15 is 0 Å². The van der Waals surface area contributed by atoms with Crippen LogP contribution >= 0.6 is 0 Å². The quantitative estimate of drug-likeness (QED) is 0.370. The van der Waals surface area contributed by atoms with Crippen molar-refractivity contribution in [3.05, 3.63) is 84.3 Å². The molecule has 29 heavy (non-hydrogen) atoms. The van der Waals surface area contributed by atoms with Crippen LogP contribution in [0.25, 0.3) is 33.3 Å². The van der Waals surface area contributed by atoms with E-state index in [0.717, 1.165) is 18.7 Å². The highest BCUT2D eigenvalue weighted by Gasteiger charge is 2.17. The lowest BCUT2D eigenvalue weighted by atomic mass is 10.0. The van der Waals surface area contributed by atoms with E-state index in [1.165, 1.54) is 27.2 Å². The maximum atomic E-state index is 6.03. The third-order valence-corrected chi connectivity index (χ3v) is 5.29. The lowest BCUT2D eigenvalue weighted by molar-refractivity contribution is 0.464. The average Bonchev–Trinajstić information content (AvgIpc) is 3.32. The predicted octanol–water partition coefficient (Wildman–Crippen LogP) is 6.09. The molecule has 0 N–H and O–H groups in total. The summed E-state index contributed by atoms with van der Waals surface area (Å²) >= 11 is 0. The van der Waals surface area contributed by atoms with Gasteiger partial charge in [0.15, 0.2) is 0 Å². The van der Waals surface area contributed by atoms with Gasteiger partial charge in [-0.05, 0) is 34.4 Å². The Morgan fingerprint density at radius 3 is 2.48 bits per heavy atom. The van der Waals surface area contributed by atoms with Crippen LogP contribution in [0.1, 0.15) is 25.3 Å². The number of hydrogen-bond donors (Lipinski definition) is 0. The molecule has 0 saturated carbocycles. The summed E-state index contributed by atoms with van der Waals surface area (Å²) in [6.07, 6.45) is 0.788. The summed E-state index contributed by atoms with van der Waals surface area (Å²) in [5, 5.41) is 12.3. The molecule has 4 heteroatoms. The van der Waals surface area contributed by atoms with Crippen molar-refractivity contribution < 1.29 is 4.42 Å². The molecule has 0 spiro atoms. The highest BCUT2D eigenvalue weighted by Crippen LogP contribution is 2.30. The first kappa shape index (κ1) is 17.7. The van der Waals surface area contributed by atoms with Gasteiger partial charge in [-0.1, -0.05) is 74.5 Å². The van der Waals surface area contributed by atoms with Crippen LogP contribution in [0.2, 0.25) is 0 Å². The minimum Gasteiger partial charge on any atom is -0.419 e. The number of aromatic nitrogens is 3. The van der Waals surface area contributed by atoms with Crippen molar-refractivity contribution in [3.63, 3.8) is 0 Å². The number of fused-ring (bicyclic) bond motifs is 2. The van der Waals surface area contributed by atoms with E-state index in [0.29, 0.717) is 17.7 Å². The molecular weight excluding hydrogens is 358 g/mol. The first-order valence-corrected chi connectivity index (χ1v) is 10.1. The maximum absolute atomic E-state index is 6.03. The standard InChI is InChI=1S/C25H23N3O/c1-17(2)14-24-26-27-25(29-24)23-15-19-9-4-6-13-22(19)28(23)16-20-11-7-10-18-8-3-5-12-21(18)20/h3-13,15,17H,14,16H2,1-2H3. The van der Waals surface area contributed by atoms with Gasteiger partial charge in [0.25, 0.3) is 5.89 Å². The monoisotopic (exact) mass is 381 g/mol. The summed E-state index contributed by atoms with van der Waals surface area (Å²) in [7, 11) is 0. The predicted molar refractivity (Wildman–Crippen MR) is 117 cm³/mol. The molecule has 0 unspecified atom stereocenters. The van der Waals surface area contributed by atoms with Gasteiger partial charge >= 0.3 is 0 Å². The highest BCUT2D eigenvalue weighted by atomic mass is 16.4. The Morgan fingerprint density at radius 1 is 0.862 bits per heavy atom. The van der Waals surface area contributed by atoms with E-state index < -0.39 is 0 Å².